The molecule has 0 radical (unpaired) electrons. The fourth-order valence-electron chi connectivity index (χ4n) is 3.05. The van der Waals surface area contributed by atoms with Crippen LogP contribution in [0.3, 0.4) is 0 Å². The molecule has 152 valence electrons. The Hall–Kier alpha value is -1.78. The molecule has 0 aliphatic carbocycles. The number of halogens is 1. The first-order valence-corrected chi connectivity index (χ1v) is 9.25. The molecule has 0 saturated carbocycles. The zero-order valence-electron chi connectivity index (χ0n) is 17.3. The van der Waals surface area contributed by atoms with Gasteiger partial charge in [0.1, 0.15) is 11.3 Å². The summed E-state index contributed by atoms with van der Waals surface area (Å²) in [6.45, 7) is 5.18. The number of amides is 2. The van der Waals surface area contributed by atoms with Gasteiger partial charge in [0.25, 0.3) is 0 Å². The Morgan fingerprint density at radius 1 is 1.17 bits per heavy atom. The zero-order valence-corrected chi connectivity index (χ0v) is 20.5. The topological polar surface area (TPSA) is 107 Å². The number of carbonyl (C=O) groups excluding carboxylic acids is 2. The maximum Gasteiger partial charge on any atom is 1.00 e. The van der Waals surface area contributed by atoms with Gasteiger partial charge in [-0.2, -0.15) is 0 Å². The van der Waals surface area contributed by atoms with E-state index in [4.69, 9.17) is 4.42 Å². The molecule has 2 N–H and O–H groups in total. The first-order valence-electron chi connectivity index (χ1n) is 9.25. The average molecular weight is 438 g/mol. The van der Waals surface area contributed by atoms with Crippen molar-refractivity contribution in [2.24, 2.45) is 0 Å². The molecule has 1 heterocycles. The van der Waals surface area contributed by atoms with Crippen LogP contribution in [-0.4, -0.2) is 22.5 Å². The molecular formula is C21H21FKN3O4. The molecule has 2 amide bonds. The molecule has 7 nitrogen and oxygen atoms in total. The predicted molar refractivity (Wildman–Crippen MR) is 105 cm³/mol. The third kappa shape index (κ3) is 5.09. The van der Waals surface area contributed by atoms with E-state index in [1.165, 1.54) is 12.1 Å². The molecule has 0 aliphatic heterocycles. The third-order valence-corrected chi connectivity index (χ3v) is 4.96. The number of urea groups is 1. The average Bonchev–Trinajstić information content (AvgIpc) is 3.10. The smallest absolute Gasteiger partial charge is 0.548 e. The molecule has 0 fully saturated rings. The van der Waals surface area contributed by atoms with E-state index in [-0.39, 0.29) is 75.8 Å². The summed E-state index contributed by atoms with van der Waals surface area (Å²) in [5, 5.41) is 16.1. The number of aryl methyl sites for hydroxylation is 1. The number of nitrogens with one attached hydrogen (secondary N) is 2. The van der Waals surface area contributed by atoms with Crippen molar-refractivity contribution < 1.29 is 74.9 Å². The molecule has 0 spiro atoms. The largest absolute Gasteiger partial charge is 1.00 e. The minimum Gasteiger partial charge on any atom is -0.548 e. The summed E-state index contributed by atoms with van der Waals surface area (Å²) in [5.41, 5.74) is 1.08. The molecule has 0 aliphatic rings. The second-order valence-corrected chi connectivity index (χ2v) is 6.84. The second-order valence-electron chi connectivity index (χ2n) is 6.84. The maximum absolute atomic E-state index is 14.5. The Morgan fingerprint density at radius 3 is 2.47 bits per heavy atom. The zero-order chi connectivity index (χ0) is 21.2. The van der Waals surface area contributed by atoms with E-state index in [0.717, 1.165) is 5.56 Å². The molecule has 30 heavy (non-hydrogen) atoms. The van der Waals surface area contributed by atoms with Gasteiger partial charge in [0.2, 0.25) is 5.89 Å². The Kier molecular flexibility index (Phi) is 8.17. The van der Waals surface area contributed by atoms with Crippen LogP contribution in [0.15, 0.2) is 40.8 Å². The fourth-order valence-corrected chi connectivity index (χ4v) is 3.05. The summed E-state index contributed by atoms with van der Waals surface area (Å²) in [5.74, 6) is -1.84. The molecule has 1 aromatic heterocycles. The summed E-state index contributed by atoms with van der Waals surface area (Å²) in [4.78, 5) is 27.9. The quantitative estimate of drug-likeness (QED) is 0.542. The van der Waals surface area contributed by atoms with Crippen LogP contribution in [0.25, 0.3) is 22.6 Å². The van der Waals surface area contributed by atoms with Gasteiger partial charge in [-0.3, -0.25) is 0 Å². The van der Waals surface area contributed by atoms with Crippen LogP contribution in [0.4, 0.5) is 14.9 Å². The first kappa shape index (κ1) is 24.5. The van der Waals surface area contributed by atoms with Crippen LogP contribution in [-0.2, 0) is 4.79 Å². The van der Waals surface area contributed by atoms with E-state index in [2.05, 4.69) is 15.6 Å². The second kappa shape index (κ2) is 10.0. The summed E-state index contributed by atoms with van der Waals surface area (Å²) in [7, 11) is 0. The third-order valence-electron chi connectivity index (χ3n) is 4.96. The number of hydrogen-bond acceptors (Lipinski definition) is 5. The Balaban J connectivity index is 0.00000320. The molecule has 0 unspecified atom stereocenters. The van der Waals surface area contributed by atoms with E-state index >= 15 is 0 Å². The minimum absolute atomic E-state index is 0. The number of aliphatic carboxylic acids is 1. The standard InChI is InChI=1S/C21H22FN3O4.K/c1-4-21(5-2,19(26)27)25-20(28)24-15-8-7-13(11-14(15)22)18-23-16-10-12(3)6-9-17(16)29-18;/h6-11H,4-5H2,1-3H3,(H,26,27)(H2,24,25,28);/q;+1/p-1. The van der Waals surface area contributed by atoms with Gasteiger partial charge in [0.05, 0.1) is 17.2 Å². The monoisotopic (exact) mass is 437 g/mol. The normalized spacial score (nSPS) is 11.1. The molecule has 0 atom stereocenters. The summed E-state index contributed by atoms with van der Waals surface area (Å²) >= 11 is 0. The van der Waals surface area contributed by atoms with Gasteiger partial charge in [-0.15, -0.1) is 0 Å². The summed E-state index contributed by atoms with van der Waals surface area (Å²) in [6.07, 6.45) is 0.274. The van der Waals surface area contributed by atoms with Crippen molar-refractivity contribution in [1.82, 2.24) is 10.3 Å². The summed E-state index contributed by atoms with van der Waals surface area (Å²) < 4.78 is 20.2. The number of fused-ring (bicyclic) bond motifs is 1. The molecule has 3 aromatic rings. The fraction of sp³-hybridized carbons (Fsp3) is 0.286. The number of hydrogen-bond donors (Lipinski definition) is 2. The van der Waals surface area contributed by atoms with Crippen LogP contribution >= 0.6 is 0 Å². The van der Waals surface area contributed by atoms with E-state index < -0.39 is 23.4 Å². The number of benzene rings is 2. The van der Waals surface area contributed by atoms with Gasteiger partial charge in [0.15, 0.2) is 5.58 Å². The van der Waals surface area contributed by atoms with Crippen molar-refractivity contribution in [3.8, 4) is 11.5 Å². The Bertz CT molecular complexity index is 1080. The van der Waals surface area contributed by atoms with E-state index in [1.807, 2.05) is 19.1 Å². The molecular weight excluding hydrogens is 416 g/mol. The molecule has 3 rings (SSSR count). The molecule has 0 bridgehead atoms. The van der Waals surface area contributed by atoms with Crippen LogP contribution in [0.1, 0.15) is 32.3 Å². The van der Waals surface area contributed by atoms with Gasteiger partial charge >= 0.3 is 57.4 Å². The number of aromatic nitrogens is 1. The van der Waals surface area contributed by atoms with Crippen molar-refractivity contribution >= 4 is 28.8 Å². The Morgan fingerprint density at radius 2 is 1.87 bits per heavy atom. The van der Waals surface area contributed by atoms with Crippen LogP contribution < -0.4 is 67.1 Å². The summed E-state index contributed by atoms with van der Waals surface area (Å²) in [6, 6.07) is 8.83. The van der Waals surface area contributed by atoms with Gasteiger partial charge in [-0.25, -0.2) is 14.2 Å². The van der Waals surface area contributed by atoms with Gasteiger partial charge in [0, 0.05) is 5.56 Å². The molecule has 2 aromatic carbocycles. The van der Waals surface area contributed by atoms with Gasteiger partial charge in [-0.05, 0) is 55.7 Å². The number of carbonyl (C=O) groups is 2. The van der Waals surface area contributed by atoms with E-state index in [9.17, 15) is 19.1 Å². The van der Waals surface area contributed by atoms with Crippen molar-refractivity contribution in [3.05, 3.63) is 47.8 Å². The van der Waals surface area contributed by atoms with Crippen molar-refractivity contribution in [1.29, 1.82) is 0 Å². The molecule has 9 heteroatoms. The van der Waals surface area contributed by atoms with Crippen molar-refractivity contribution in [3.63, 3.8) is 0 Å². The molecule has 0 saturated heterocycles. The SMILES string of the molecule is CCC(CC)(NC(=O)Nc1ccc(-c2nc3cc(C)ccc3o2)cc1F)C(=O)[O-].[K+]. The minimum atomic E-state index is -1.52. The number of oxazole rings is 1. The number of anilines is 1. The number of carboxylic acid groups (broad SMARTS) is 1. The van der Waals surface area contributed by atoms with Crippen molar-refractivity contribution in [2.75, 3.05) is 5.32 Å². The van der Waals surface area contributed by atoms with Gasteiger partial charge < -0.3 is 25.0 Å². The number of rotatable bonds is 6. The number of nitrogens with zero attached hydrogens (tertiary/aromatic N) is 1. The van der Waals surface area contributed by atoms with Crippen LogP contribution in [0.2, 0.25) is 0 Å². The first-order chi connectivity index (χ1) is 13.8. The van der Waals surface area contributed by atoms with E-state index in [0.29, 0.717) is 16.7 Å². The number of carboxylic acids is 1. The van der Waals surface area contributed by atoms with Crippen LogP contribution in [0.5, 0.6) is 0 Å². The van der Waals surface area contributed by atoms with Crippen LogP contribution in [0, 0.1) is 12.7 Å². The van der Waals surface area contributed by atoms with E-state index in [1.54, 1.807) is 26.0 Å². The predicted octanol–water partition coefficient (Wildman–Crippen LogP) is 0.377. The van der Waals surface area contributed by atoms with Gasteiger partial charge in [-0.1, -0.05) is 19.9 Å². The maximum atomic E-state index is 14.5. The van der Waals surface area contributed by atoms with Crippen molar-refractivity contribution in [2.45, 2.75) is 39.2 Å². The Labute approximate surface area is 215 Å².